The number of unbranched alkanes of at least 4 members (excludes halogenated alkanes) is 4. The van der Waals surface area contributed by atoms with Gasteiger partial charge < -0.3 is 16.0 Å². The minimum Gasteiger partial charge on any atom is -0.398 e. The smallest absolute Gasteiger partial charge is 0.0392 e. The van der Waals surface area contributed by atoms with E-state index in [4.69, 9.17) is 5.73 Å². The van der Waals surface area contributed by atoms with Gasteiger partial charge in [0.1, 0.15) is 0 Å². The largest absolute Gasteiger partial charge is 0.398 e. The van der Waals surface area contributed by atoms with Crippen LogP contribution in [0, 0.1) is 13.8 Å². The van der Waals surface area contributed by atoms with Crippen LogP contribution in [0.3, 0.4) is 0 Å². The average molecular weight is 440 g/mol. The zero-order valence-electron chi connectivity index (χ0n) is 21.9. The summed E-state index contributed by atoms with van der Waals surface area (Å²) < 4.78 is 0. The van der Waals surface area contributed by atoms with E-state index in [1.165, 1.54) is 54.4 Å². The van der Waals surface area contributed by atoms with E-state index < -0.39 is 0 Å². The number of aryl methyl sites for hydroxylation is 1. The highest BCUT2D eigenvalue weighted by atomic mass is 15.1. The number of nitrogens with two attached hydrogens (primary N) is 1. The predicted octanol–water partition coefficient (Wildman–Crippen LogP) is 7.54. The van der Waals surface area contributed by atoms with Gasteiger partial charge in [0.05, 0.1) is 0 Å². The Morgan fingerprint density at radius 2 is 1.75 bits per heavy atom. The quantitative estimate of drug-likeness (QED) is 0.159. The maximum absolute atomic E-state index is 6.53. The van der Waals surface area contributed by atoms with Crippen molar-refractivity contribution in [1.82, 2.24) is 10.2 Å². The summed E-state index contributed by atoms with van der Waals surface area (Å²) in [4.78, 5) is 2.36. The molecule has 0 spiro atoms. The third-order valence-electron chi connectivity index (χ3n) is 6.12. The van der Waals surface area contributed by atoms with Gasteiger partial charge in [-0.05, 0) is 93.9 Å². The van der Waals surface area contributed by atoms with Crippen molar-refractivity contribution in [2.75, 3.05) is 25.9 Å². The molecule has 1 aromatic carbocycles. The molecule has 0 saturated heterocycles. The predicted molar refractivity (Wildman–Crippen MR) is 145 cm³/mol. The lowest BCUT2D eigenvalue weighted by atomic mass is 9.89. The molecule has 32 heavy (non-hydrogen) atoms. The molecular weight excluding hydrogens is 390 g/mol. The first-order valence-corrected chi connectivity index (χ1v) is 12.6. The SMILES string of the molecule is C=C(C)/C=C(/CCC(=C)NCCCCCCC)c1cc(C)c(N)c(CN(C)CCC)c1C. The van der Waals surface area contributed by atoms with Crippen molar-refractivity contribution in [2.24, 2.45) is 0 Å². The lowest BCUT2D eigenvalue weighted by Gasteiger charge is -2.23. The second-order valence-corrected chi connectivity index (χ2v) is 9.46. The number of anilines is 1. The fraction of sp³-hybridized carbons (Fsp3) is 0.586. The van der Waals surface area contributed by atoms with Gasteiger partial charge in [0.25, 0.3) is 0 Å². The standard InChI is InChI=1S/C29H49N3/c1-9-11-12-13-14-17-31-24(6)15-16-26(19-22(3)4)27-20-23(5)29(30)28(25(27)7)21-32(8)18-10-2/h19-20,31H,3,6,9-18,21,30H2,1-2,4-5,7-8H3/b26-19-. The van der Waals surface area contributed by atoms with Gasteiger partial charge in [0.2, 0.25) is 0 Å². The summed E-state index contributed by atoms with van der Waals surface area (Å²) in [5, 5.41) is 3.54. The average Bonchev–Trinajstić information content (AvgIpc) is 2.73. The number of hydrogen-bond acceptors (Lipinski definition) is 3. The summed E-state index contributed by atoms with van der Waals surface area (Å²) in [5.41, 5.74) is 16.0. The second-order valence-electron chi connectivity index (χ2n) is 9.46. The number of benzene rings is 1. The number of allylic oxidation sites excluding steroid dienone is 4. The molecular formula is C29H49N3. The molecule has 0 bridgehead atoms. The molecule has 3 nitrogen and oxygen atoms in total. The van der Waals surface area contributed by atoms with Crippen LogP contribution in [0.25, 0.3) is 5.57 Å². The van der Waals surface area contributed by atoms with Crippen molar-refractivity contribution >= 4 is 11.3 Å². The van der Waals surface area contributed by atoms with Gasteiger partial charge in [-0.3, -0.25) is 0 Å². The van der Waals surface area contributed by atoms with E-state index in [1.807, 2.05) is 0 Å². The monoisotopic (exact) mass is 439 g/mol. The molecule has 0 atom stereocenters. The maximum atomic E-state index is 6.53. The molecule has 1 rings (SSSR count). The van der Waals surface area contributed by atoms with Crippen LogP contribution in [0.15, 0.2) is 36.6 Å². The molecule has 0 radical (unpaired) electrons. The van der Waals surface area contributed by atoms with Crippen LogP contribution in [-0.4, -0.2) is 25.0 Å². The van der Waals surface area contributed by atoms with E-state index in [2.05, 4.69) is 77.2 Å². The Bertz CT molecular complexity index is 773. The molecule has 0 fully saturated rings. The molecule has 3 heteroatoms. The van der Waals surface area contributed by atoms with Crippen molar-refractivity contribution in [3.05, 3.63) is 58.8 Å². The molecule has 0 heterocycles. The van der Waals surface area contributed by atoms with Crippen molar-refractivity contribution < 1.29 is 0 Å². The van der Waals surface area contributed by atoms with Gasteiger partial charge in [-0.1, -0.05) is 64.3 Å². The van der Waals surface area contributed by atoms with E-state index in [-0.39, 0.29) is 0 Å². The van der Waals surface area contributed by atoms with Gasteiger partial charge in [0.15, 0.2) is 0 Å². The van der Waals surface area contributed by atoms with Crippen LogP contribution < -0.4 is 11.1 Å². The van der Waals surface area contributed by atoms with Gasteiger partial charge in [-0.25, -0.2) is 0 Å². The molecule has 3 N–H and O–H groups in total. The molecule has 180 valence electrons. The minimum atomic E-state index is 0.882. The first-order chi connectivity index (χ1) is 15.2. The lowest BCUT2D eigenvalue weighted by Crippen LogP contribution is -2.20. The Labute approximate surface area is 198 Å². The van der Waals surface area contributed by atoms with E-state index in [0.29, 0.717) is 0 Å². The number of rotatable bonds is 16. The molecule has 0 aliphatic carbocycles. The molecule has 0 unspecified atom stereocenters. The normalized spacial score (nSPS) is 11.8. The van der Waals surface area contributed by atoms with Crippen LogP contribution >= 0.6 is 0 Å². The summed E-state index contributed by atoms with van der Waals surface area (Å²) in [7, 11) is 2.17. The first kappa shape index (κ1) is 28.0. The number of nitrogens with zero attached hydrogens (tertiary/aromatic N) is 1. The Hall–Kier alpha value is -2.00. The van der Waals surface area contributed by atoms with Crippen LogP contribution in [0.4, 0.5) is 5.69 Å². The molecule has 0 aliphatic rings. The van der Waals surface area contributed by atoms with Crippen molar-refractivity contribution in [2.45, 2.75) is 92.5 Å². The van der Waals surface area contributed by atoms with E-state index in [1.54, 1.807) is 0 Å². The topological polar surface area (TPSA) is 41.3 Å². The van der Waals surface area contributed by atoms with Crippen molar-refractivity contribution in [3.8, 4) is 0 Å². The summed E-state index contributed by atoms with van der Waals surface area (Å²) in [6, 6.07) is 2.26. The van der Waals surface area contributed by atoms with Crippen molar-refractivity contribution in [1.29, 1.82) is 0 Å². The third kappa shape index (κ3) is 9.65. The van der Waals surface area contributed by atoms with E-state index in [9.17, 15) is 0 Å². The van der Waals surface area contributed by atoms with Gasteiger partial charge in [-0.15, -0.1) is 0 Å². The van der Waals surface area contributed by atoms with E-state index >= 15 is 0 Å². The van der Waals surface area contributed by atoms with Crippen LogP contribution in [0.2, 0.25) is 0 Å². The molecule has 0 saturated carbocycles. The minimum absolute atomic E-state index is 0.882. The third-order valence-corrected chi connectivity index (χ3v) is 6.12. The van der Waals surface area contributed by atoms with Gasteiger partial charge >= 0.3 is 0 Å². The van der Waals surface area contributed by atoms with Crippen molar-refractivity contribution in [3.63, 3.8) is 0 Å². The van der Waals surface area contributed by atoms with Crippen LogP contribution in [0.5, 0.6) is 0 Å². The number of nitrogens with one attached hydrogen (secondary N) is 1. The Morgan fingerprint density at radius 1 is 1.06 bits per heavy atom. The second kappa shape index (κ2) is 14.9. The fourth-order valence-electron chi connectivity index (χ4n) is 4.22. The number of nitrogen functional groups attached to an aromatic ring is 1. The van der Waals surface area contributed by atoms with E-state index in [0.717, 1.165) is 61.4 Å². The van der Waals surface area contributed by atoms with Crippen LogP contribution in [-0.2, 0) is 6.54 Å². The van der Waals surface area contributed by atoms with Gasteiger partial charge in [0, 0.05) is 24.5 Å². The first-order valence-electron chi connectivity index (χ1n) is 12.6. The fourth-order valence-corrected chi connectivity index (χ4v) is 4.22. The summed E-state index contributed by atoms with van der Waals surface area (Å²) in [5.74, 6) is 0. The molecule has 0 aliphatic heterocycles. The maximum Gasteiger partial charge on any atom is 0.0392 e. The molecule has 0 amide bonds. The molecule has 1 aromatic rings. The molecule has 0 aromatic heterocycles. The Balaban J connectivity index is 2.95. The van der Waals surface area contributed by atoms with Gasteiger partial charge in [-0.2, -0.15) is 0 Å². The summed E-state index contributed by atoms with van der Waals surface area (Å²) >= 11 is 0. The Morgan fingerprint density at radius 3 is 2.38 bits per heavy atom. The van der Waals surface area contributed by atoms with Crippen LogP contribution in [0.1, 0.15) is 94.4 Å². The lowest BCUT2D eigenvalue weighted by molar-refractivity contribution is 0.327. The highest BCUT2D eigenvalue weighted by Crippen LogP contribution is 2.33. The highest BCUT2D eigenvalue weighted by Gasteiger charge is 2.16. The number of hydrogen-bond donors (Lipinski definition) is 2. The Kier molecular flexibility index (Phi) is 13.1. The summed E-state index contributed by atoms with van der Waals surface area (Å²) in [6.07, 6.45) is 11.7. The zero-order chi connectivity index (χ0) is 24.1. The summed E-state index contributed by atoms with van der Waals surface area (Å²) in [6.45, 7) is 22.3. The zero-order valence-corrected chi connectivity index (χ0v) is 21.9. The highest BCUT2D eigenvalue weighted by molar-refractivity contribution is 5.75.